The van der Waals surface area contributed by atoms with Crippen molar-refractivity contribution in [3.05, 3.63) is 72.3 Å². The van der Waals surface area contributed by atoms with Gasteiger partial charge in [0.05, 0.1) is 23.6 Å². The summed E-state index contributed by atoms with van der Waals surface area (Å²) in [5.74, 6) is -0.726. The van der Waals surface area contributed by atoms with E-state index in [-0.39, 0.29) is 41.2 Å². The Morgan fingerprint density at radius 1 is 1.00 bits per heavy atom. The lowest BCUT2D eigenvalue weighted by Crippen LogP contribution is -2.49. The van der Waals surface area contributed by atoms with Crippen LogP contribution in [0.1, 0.15) is 32.8 Å². The van der Waals surface area contributed by atoms with E-state index in [1.807, 2.05) is 69.3 Å². The van der Waals surface area contributed by atoms with Crippen molar-refractivity contribution in [1.82, 2.24) is 9.21 Å². The molecule has 0 spiro atoms. The van der Waals surface area contributed by atoms with Gasteiger partial charge in [0, 0.05) is 31.6 Å². The first-order chi connectivity index (χ1) is 18.8. The number of anilines is 1. The van der Waals surface area contributed by atoms with Gasteiger partial charge < -0.3 is 14.5 Å². The normalized spacial score (nSPS) is 18.1. The number of nitrogens with zero attached hydrogens (tertiary/aromatic N) is 3. The van der Waals surface area contributed by atoms with Gasteiger partial charge in [0.25, 0.3) is 0 Å². The molecule has 2 amide bonds. The van der Waals surface area contributed by atoms with Crippen molar-refractivity contribution in [3.8, 4) is 0 Å². The molecule has 0 saturated carbocycles. The van der Waals surface area contributed by atoms with Gasteiger partial charge in [-0.25, -0.2) is 8.42 Å². The zero-order valence-corrected chi connectivity index (χ0v) is 25.3. The summed E-state index contributed by atoms with van der Waals surface area (Å²) in [7, 11) is -0.794. The summed E-state index contributed by atoms with van der Waals surface area (Å²) >= 11 is 4.51. The highest BCUT2D eigenvalue weighted by atomic mass is 32.2. The maximum absolute atomic E-state index is 13.6. The predicted molar refractivity (Wildman–Crippen MR) is 161 cm³/mol. The molecule has 0 bridgehead atoms. The van der Waals surface area contributed by atoms with E-state index in [1.165, 1.54) is 21.2 Å². The molecule has 0 aromatic heterocycles. The minimum absolute atomic E-state index is 0.113. The van der Waals surface area contributed by atoms with E-state index >= 15 is 0 Å². The average molecular weight is 584 g/mol. The van der Waals surface area contributed by atoms with Crippen LogP contribution in [-0.4, -0.2) is 73.5 Å². The molecule has 1 aliphatic heterocycles. The lowest BCUT2D eigenvalue weighted by molar-refractivity contribution is -0.136. The molecule has 1 aliphatic rings. The third-order valence-corrected chi connectivity index (χ3v) is 9.21. The molecule has 0 unspecified atom stereocenters. The Bertz CT molecular complexity index is 1490. The number of ether oxygens (including phenoxy) is 1. The molecular formula is C30H37N3O5S2. The molecule has 3 aromatic carbocycles. The van der Waals surface area contributed by atoms with Crippen molar-refractivity contribution < 1.29 is 22.7 Å². The van der Waals surface area contributed by atoms with Gasteiger partial charge in [-0.1, -0.05) is 42.5 Å². The maximum atomic E-state index is 13.6. The summed E-state index contributed by atoms with van der Waals surface area (Å²) in [4.78, 5) is 29.5. The molecule has 1 fully saturated rings. The Hall–Kier alpha value is -2.92. The van der Waals surface area contributed by atoms with Crippen molar-refractivity contribution in [2.75, 3.05) is 32.1 Å². The second-order valence-corrected chi connectivity index (χ2v) is 13.8. The fourth-order valence-corrected chi connectivity index (χ4v) is 6.80. The number of sulfonamides is 1. The van der Waals surface area contributed by atoms with Gasteiger partial charge in [0.2, 0.25) is 21.8 Å². The first-order valence-electron chi connectivity index (χ1n) is 13.2. The molecule has 0 aliphatic carbocycles. The average Bonchev–Trinajstić information content (AvgIpc) is 3.33. The molecule has 0 radical (unpaired) electrons. The topological polar surface area (TPSA) is 87.2 Å². The highest BCUT2D eigenvalue weighted by molar-refractivity contribution is 7.89. The Labute approximate surface area is 242 Å². The van der Waals surface area contributed by atoms with Gasteiger partial charge in [-0.05, 0) is 67.8 Å². The molecular weight excluding hydrogens is 546 g/mol. The van der Waals surface area contributed by atoms with Crippen LogP contribution in [0.3, 0.4) is 0 Å². The third kappa shape index (κ3) is 6.86. The molecule has 214 valence electrons. The molecule has 0 N–H and O–H groups in total. The van der Waals surface area contributed by atoms with Crippen LogP contribution in [0.5, 0.6) is 0 Å². The summed E-state index contributed by atoms with van der Waals surface area (Å²) in [6, 6.07) is 19.0. The minimum Gasteiger partial charge on any atom is -0.371 e. The third-order valence-electron chi connectivity index (χ3n) is 6.96. The van der Waals surface area contributed by atoms with Gasteiger partial charge in [-0.3, -0.25) is 9.59 Å². The molecule has 3 aromatic rings. The van der Waals surface area contributed by atoms with E-state index in [0.717, 1.165) is 16.3 Å². The largest absolute Gasteiger partial charge is 0.371 e. The number of thiol groups is 1. The van der Waals surface area contributed by atoms with Gasteiger partial charge in [0.15, 0.2) is 0 Å². The highest BCUT2D eigenvalue weighted by Gasteiger charge is 2.44. The second kappa shape index (κ2) is 11.9. The van der Waals surface area contributed by atoms with E-state index in [2.05, 4.69) is 12.6 Å². The zero-order valence-electron chi connectivity index (χ0n) is 23.6. The molecule has 8 nitrogen and oxygen atoms in total. The Balaban J connectivity index is 1.44. The fourth-order valence-electron chi connectivity index (χ4n) is 4.64. The number of benzene rings is 3. The molecule has 1 saturated heterocycles. The van der Waals surface area contributed by atoms with Gasteiger partial charge >= 0.3 is 0 Å². The number of hydrogen-bond donors (Lipinski definition) is 1. The number of rotatable bonds is 8. The van der Waals surface area contributed by atoms with E-state index in [0.29, 0.717) is 12.3 Å². The van der Waals surface area contributed by atoms with Crippen molar-refractivity contribution in [2.45, 2.75) is 55.6 Å². The standard InChI is InChI=1S/C30H37N3O5S2/c1-30(2,3)38-20-21-10-13-24(14-11-21)32(5)28(34)19-31(4)29(35)27-17-25(39)18-33(27)40(36,37)26-15-12-22-8-6-7-9-23(22)16-26/h6-16,25,27,39H,17-20H2,1-5H3/t25-,27+/m1/s1. The SMILES string of the molecule is CN(CC(=O)N(C)c1ccc(COC(C)(C)C)cc1)C(=O)[C@@H]1C[C@@H](S)CN1S(=O)(=O)c1ccc2ccccc2c1. The van der Waals surface area contributed by atoms with E-state index in [4.69, 9.17) is 4.74 Å². The number of fused-ring (bicyclic) bond motifs is 1. The number of carbonyl (C=O) groups excluding carboxylic acids is 2. The van der Waals surface area contributed by atoms with E-state index in [9.17, 15) is 18.0 Å². The lowest BCUT2D eigenvalue weighted by atomic mass is 10.1. The van der Waals surface area contributed by atoms with Crippen molar-refractivity contribution in [3.63, 3.8) is 0 Å². The van der Waals surface area contributed by atoms with Crippen LogP contribution < -0.4 is 4.90 Å². The molecule has 1 heterocycles. The molecule has 10 heteroatoms. The van der Waals surface area contributed by atoms with Gasteiger partial charge in [0.1, 0.15) is 6.04 Å². The summed E-state index contributed by atoms with van der Waals surface area (Å²) in [5.41, 5.74) is 1.42. The summed E-state index contributed by atoms with van der Waals surface area (Å²) in [6.45, 7) is 6.36. The number of hydrogen-bond acceptors (Lipinski definition) is 6. The van der Waals surface area contributed by atoms with Crippen molar-refractivity contribution >= 4 is 50.9 Å². The Morgan fingerprint density at radius 2 is 1.65 bits per heavy atom. The summed E-state index contributed by atoms with van der Waals surface area (Å²) in [6.07, 6.45) is 0.265. The second-order valence-electron chi connectivity index (χ2n) is 11.2. The maximum Gasteiger partial charge on any atom is 0.246 e. The summed E-state index contributed by atoms with van der Waals surface area (Å²) < 4.78 is 34.3. The number of likely N-dealkylation sites (N-methyl/N-ethyl adjacent to an activating group) is 2. The predicted octanol–water partition coefficient (Wildman–Crippen LogP) is 4.34. The summed E-state index contributed by atoms with van der Waals surface area (Å²) in [5, 5.41) is 1.43. The smallest absolute Gasteiger partial charge is 0.246 e. The quantitative estimate of drug-likeness (QED) is 0.399. The van der Waals surface area contributed by atoms with Crippen LogP contribution in [0, 0.1) is 0 Å². The van der Waals surface area contributed by atoms with Crippen LogP contribution in [0.25, 0.3) is 10.8 Å². The lowest BCUT2D eigenvalue weighted by Gasteiger charge is -2.28. The van der Waals surface area contributed by atoms with Crippen molar-refractivity contribution in [1.29, 1.82) is 0 Å². The highest BCUT2D eigenvalue weighted by Crippen LogP contribution is 2.31. The van der Waals surface area contributed by atoms with Gasteiger partial charge in [-0.2, -0.15) is 16.9 Å². The monoisotopic (exact) mass is 583 g/mol. The van der Waals surface area contributed by atoms with Crippen LogP contribution in [0.2, 0.25) is 0 Å². The Morgan fingerprint density at radius 3 is 2.30 bits per heavy atom. The first-order valence-corrected chi connectivity index (χ1v) is 15.1. The number of carbonyl (C=O) groups is 2. The molecule has 4 rings (SSSR count). The van der Waals surface area contributed by atoms with Gasteiger partial charge in [-0.15, -0.1) is 0 Å². The molecule has 2 atom stereocenters. The van der Waals surface area contributed by atoms with Crippen LogP contribution in [-0.2, 0) is 31.0 Å². The van der Waals surface area contributed by atoms with E-state index in [1.54, 1.807) is 25.2 Å². The van der Waals surface area contributed by atoms with Crippen LogP contribution in [0.4, 0.5) is 5.69 Å². The molecule has 40 heavy (non-hydrogen) atoms. The van der Waals surface area contributed by atoms with Crippen molar-refractivity contribution in [2.24, 2.45) is 0 Å². The van der Waals surface area contributed by atoms with E-state index < -0.39 is 22.0 Å². The first kappa shape index (κ1) is 30.0. The minimum atomic E-state index is -3.97. The fraction of sp³-hybridized carbons (Fsp3) is 0.400. The Kier molecular flexibility index (Phi) is 8.94. The van der Waals surface area contributed by atoms with Crippen LogP contribution >= 0.6 is 12.6 Å². The number of amides is 2. The zero-order chi connectivity index (χ0) is 29.2. The van der Waals surface area contributed by atoms with Crippen LogP contribution in [0.15, 0.2) is 71.6 Å².